The minimum Gasteiger partial charge on any atom is -0.390 e. The molecule has 2 rings (SSSR count). The molecule has 2 heteroatoms. The molecule has 0 amide bonds. The van der Waals surface area contributed by atoms with Crippen molar-refractivity contribution in [2.75, 3.05) is 0 Å². The fourth-order valence-electron chi connectivity index (χ4n) is 1.99. The molecule has 0 atom stereocenters. The summed E-state index contributed by atoms with van der Waals surface area (Å²) in [6.07, 6.45) is 5.72. The highest BCUT2D eigenvalue weighted by Crippen LogP contribution is 2.11. The molecule has 0 saturated heterocycles. The normalized spacial score (nSPS) is 10.7. The van der Waals surface area contributed by atoms with Crippen LogP contribution in [0.5, 0.6) is 0 Å². The summed E-state index contributed by atoms with van der Waals surface area (Å²) in [6.45, 7) is 6.32. The van der Waals surface area contributed by atoms with Gasteiger partial charge in [0.2, 0.25) is 0 Å². The second-order valence-electron chi connectivity index (χ2n) is 4.39. The van der Waals surface area contributed by atoms with Gasteiger partial charge in [-0.25, -0.2) is 0 Å². The number of benzene rings is 2. The summed E-state index contributed by atoms with van der Waals surface area (Å²) in [5, 5.41) is 3.94. The summed E-state index contributed by atoms with van der Waals surface area (Å²) < 4.78 is 0. The Bertz CT molecular complexity index is 602. The number of hydrogen-bond donors (Lipinski definition) is 0. The predicted molar refractivity (Wildman–Crippen MR) is 83.7 cm³/mol. The molecule has 101 valence electrons. The molecule has 20 heavy (non-hydrogen) atoms. The van der Waals surface area contributed by atoms with Crippen molar-refractivity contribution >= 4 is 12.3 Å². The molecule has 0 spiro atoms. The minimum atomic E-state index is 0.420. The highest BCUT2D eigenvalue weighted by Gasteiger charge is 1.99. The van der Waals surface area contributed by atoms with Crippen LogP contribution in [-0.4, -0.2) is 6.21 Å². The third-order valence-electron chi connectivity index (χ3n) is 3.12. The van der Waals surface area contributed by atoms with E-state index in [9.17, 15) is 0 Å². The molecule has 0 aliphatic heterocycles. The van der Waals surface area contributed by atoms with Crippen molar-refractivity contribution in [3.8, 4) is 0 Å². The van der Waals surface area contributed by atoms with Crippen molar-refractivity contribution in [1.29, 1.82) is 0 Å². The van der Waals surface area contributed by atoms with E-state index in [4.69, 9.17) is 4.84 Å². The van der Waals surface area contributed by atoms with Gasteiger partial charge in [-0.05, 0) is 23.1 Å². The van der Waals surface area contributed by atoms with Gasteiger partial charge in [-0.3, -0.25) is 0 Å². The Morgan fingerprint density at radius 1 is 1.10 bits per heavy atom. The zero-order valence-corrected chi connectivity index (χ0v) is 11.7. The average molecular weight is 264 g/mol. The van der Waals surface area contributed by atoms with E-state index in [0.717, 1.165) is 23.1 Å². The Labute approximate surface area is 120 Å². The van der Waals surface area contributed by atoms with Crippen LogP contribution in [-0.2, 0) is 17.9 Å². The van der Waals surface area contributed by atoms with E-state index >= 15 is 0 Å². The monoisotopic (exact) mass is 264 g/mol. The van der Waals surface area contributed by atoms with E-state index in [-0.39, 0.29) is 0 Å². The van der Waals surface area contributed by atoms with Gasteiger partial charge in [0, 0.05) is 5.56 Å². The van der Waals surface area contributed by atoms with Crippen LogP contribution in [0.15, 0.2) is 60.3 Å². The lowest BCUT2D eigenvalue weighted by molar-refractivity contribution is 0.132. The Hall–Kier alpha value is -2.35. The molecule has 0 unspecified atom stereocenters. The van der Waals surface area contributed by atoms with Crippen LogP contribution in [0.25, 0.3) is 6.08 Å². The number of rotatable bonds is 6. The molecule has 0 bridgehead atoms. The van der Waals surface area contributed by atoms with E-state index < -0.39 is 0 Å². The van der Waals surface area contributed by atoms with Crippen LogP contribution in [0, 0.1) is 0 Å². The molecule has 0 aromatic heterocycles. The van der Waals surface area contributed by atoms with Crippen molar-refractivity contribution in [2.24, 2.45) is 5.16 Å². The van der Waals surface area contributed by atoms with Crippen molar-refractivity contribution in [3.63, 3.8) is 0 Å². The van der Waals surface area contributed by atoms with Gasteiger partial charge < -0.3 is 4.84 Å². The lowest BCUT2D eigenvalue weighted by Crippen LogP contribution is -1.93. The van der Waals surface area contributed by atoms with Gasteiger partial charge in [0.25, 0.3) is 0 Å². The summed E-state index contributed by atoms with van der Waals surface area (Å²) in [7, 11) is 0. The van der Waals surface area contributed by atoms with Crippen LogP contribution >= 0.6 is 0 Å². The fourth-order valence-corrected chi connectivity index (χ4v) is 1.99. The van der Waals surface area contributed by atoms with Crippen molar-refractivity contribution in [1.82, 2.24) is 0 Å². The first kappa shape index (κ1) is 14.1. The first-order valence-electron chi connectivity index (χ1n) is 6.71. The quantitative estimate of drug-likeness (QED) is 0.562. The largest absolute Gasteiger partial charge is 0.390 e. The van der Waals surface area contributed by atoms with Gasteiger partial charge in [0.05, 0.1) is 0 Å². The predicted octanol–water partition coefficient (Wildman–Crippen LogP) is 4.32. The molecule has 2 nitrogen and oxygen atoms in total. The van der Waals surface area contributed by atoms with E-state index in [0.29, 0.717) is 6.61 Å². The van der Waals surface area contributed by atoms with Gasteiger partial charge in [-0.2, -0.15) is 0 Å². The van der Waals surface area contributed by atoms with Gasteiger partial charge in [0.1, 0.15) is 12.8 Å². The van der Waals surface area contributed by atoms with E-state index in [1.54, 1.807) is 0 Å². The van der Waals surface area contributed by atoms with Gasteiger partial charge in [-0.1, -0.05) is 73.3 Å². The first-order chi connectivity index (χ1) is 9.85. The second-order valence-corrected chi connectivity index (χ2v) is 4.39. The van der Waals surface area contributed by atoms with Crippen molar-refractivity contribution in [3.05, 3.63) is 77.4 Å². The molecule has 0 saturated carbocycles. The average Bonchev–Trinajstić information content (AvgIpc) is 2.52. The lowest BCUT2D eigenvalue weighted by Gasteiger charge is -2.04. The van der Waals surface area contributed by atoms with Crippen LogP contribution in [0.3, 0.4) is 0 Å². The molecule has 2 aromatic carbocycles. The standard InChI is InChI=1S/C18H18NO/c1-3-15-9-5-7-11-17(15)13-19-20-14-18-12-8-6-10-16(18)4-2/h4-12H,2-3,14H2,1H3. The van der Waals surface area contributed by atoms with Crippen molar-refractivity contribution < 1.29 is 4.84 Å². The highest BCUT2D eigenvalue weighted by molar-refractivity contribution is 5.81. The molecule has 0 fully saturated rings. The molecular formula is C18H18NO. The number of aryl methyl sites for hydroxylation is 1. The van der Waals surface area contributed by atoms with Gasteiger partial charge >= 0.3 is 0 Å². The lowest BCUT2D eigenvalue weighted by atomic mass is 10.1. The highest BCUT2D eigenvalue weighted by atomic mass is 16.6. The summed E-state index contributed by atoms with van der Waals surface area (Å²) in [6, 6.07) is 16.0. The molecule has 0 aliphatic rings. The van der Waals surface area contributed by atoms with E-state index in [1.807, 2.05) is 48.5 Å². The fraction of sp³-hybridized carbons (Fsp3) is 0.167. The molecule has 0 N–H and O–H groups in total. The summed E-state index contributed by atoms with van der Waals surface area (Å²) in [5.74, 6) is 0. The van der Waals surface area contributed by atoms with E-state index in [1.165, 1.54) is 5.56 Å². The smallest absolute Gasteiger partial charge is 0.142 e. The van der Waals surface area contributed by atoms with Crippen LogP contribution < -0.4 is 0 Å². The minimum absolute atomic E-state index is 0.420. The van der Waals surface area contributed by atoms with Gasteiger partial charge in [0.15, 0.2) is 0 Å². The van der Waals surface area contributed by atoms with Crippen LogP contribution in [0.4, 0.5) is 0 Å². The number of hydrogen-bond acceptors (Lipinski definition) is 2. The van der Waals surface area contributed by atoms with E-state index in [2.05, 4.69) is 30.9 Å². The summed E-state index contributed by atoms with van der Waals surface area (Å²) >= 11 is 0. The van der Waals surface area contributed by atoms with Gasteiger partial charge in [-0.15, -0.1) is 0 Å². The first-order valence-corrected chi connectivity index (χ1v) is 6.71. The Morgan fingerprint density at radius 2 is 1.80 bits per heavy atom. The molecule has 0 heterocycles. The third kappa shape index (κ3) is 3.58. The van der Waals surface area contributed by atoms with Crippen LogP contribution in [0.2, 0.25) is 0 Å². The Balaban J connectivity index is 1.99. The molecule has 1 radical (unpaired) electrons. The maximum Gasteiger partial charge on any atom is 0.142 e. The molecule has 0 aliphatic carbocycles. The SMILES string of the molecule is C=Cc1ccccc1CO/N=[C]\c1ccccc1CC. The molecular weight excluding hydrogens is 246 g/mol. The third-order valence-corrected chi connectivity index (χ3v) is 3.12. The summed E-state index contributed by atoms with van der Waals surface area (Å²) in [4.78, 5) is 5.33. The second kappa shape index (κ2) is 7.29. The van der Waals surface area contributed by atoms with Crippen LogP contribution in [0.1, 0.15) is 29.2 Å². The van der Waals surface area contributed by atoms with Crippen molar-refractivity contribution in [2.45, 2.75) is 20.0 Å². The topological polar surface area (TPSA) is 21.6 Å². The zero-order valence-electron chi connectivity index (χ0n) is 11.7. The Kier molecular flexibility index (Phi) is 5.13. The Morgan fingerprint density at radius 3 is 2.55 bits per heavy atom. The maximum absolute atomic E-state index is 5.33. The zero-order chi connectivity index (χ0) is 14.2. The summed E-state index contributed by atoms with van der Waals surface area (Å²) in [5.41, 5.74) is 4.33. The maximum atomic E-state index is 5.33. The number of nitrogens with zero attached hydrogens (tertiary/aromatic N) is 1. The molecule has 2 aromatic rings.